The first-order valence-corrected chi connectivity index (χ1v) is 5.98. The van der Waals surface area contributed by atoms with E-state index in [0.717, 1.165) is 29.9 Å². The van der Waals surface area contributed by atoms with E-state index in [-0.39, 0.29) is 6.04 Å². The number of aromatic nitrogens is 2. The molecular weight excluding hydrogens is 214 g/mol. The van der Waals surface area contributed by atoms with Gasteiger partial charge in [-0.2, -0.15) is 5.10 Å². The summed E-state index contributed by atoms with van der Waals surface area (Å²) in [7, 11) is 1.96. The van der Waals surface area contributed by atoms with Crippen LogP contribution >= 0.6 is 0 Å². The number of rotatable bonds is 5. The van der Waals surface area contributed by atoms with Crippen LogP contribution in [0.1, 0.15) is 36.3 Å². The Bertz CT molecular complexity index is 439. The molecule has 2 aromatic heterocycles. The van der Waals surface area contributed by atoms with E-state index in [4.69, 9.17) is 4.42 Å². The molecule has 0 aromatic carbocycles. The average Bonchev–Trinajstić information content (AvgIpc) is 2.92. The van der Waals surface area contributed by atoms with Crippen molar-refractivity contribution in [3.63, 3.8) is 0 Å². The number of nitrogens with zero attached hydrogens (tertiary/aromatic N) is 2. The predicted octanol–water partition coefficient (Wildman–Crippen LogP) is 2.41. The highest BCUT2D eigenvalue weighted by atomic mass is 16.3. The molecule has 0 aliphatic carbocycles. The van der Waals surface area contributed by atoms with Crippen molar-refractivity contribution in [2.45, 2.75) is 26.3 Å². The van der Waals surface area contributed by atoms with E-state index in [2.05, 4.69) is 30.3 Å². The van der Waals surface area contributed by atoms with Gasteiger partial charge in [-0.3, -0.25) is 4.68 Å². The van der Waals surface area contributed by atoms with Gasteiger partial charge >= 0.3 is 0 Å². The molecule has 0 fully saturated rings. The molecule has 0 aliphatic rings. The largest absolute Gasteiger partial charge is 0.472 e. The highest BCUT2D eigenvalue weighted by Gasteiger charge is 2.17. The number of furan rings is 1. The molecule has 92 valence electrons. The smallest absolute Gasteiger partial charge is 0.0954 e. The second-order valence-corrected chi connectivity index (χ2v) is 4.28. The summed E-state index contributed by atoms with van der Waals surface area (Å²) in [5, 5.41) is 8.02. The Balaban J connectivity index is 2.26. The van der Waals surface area contributed by atoms with Crippen molar-refractivity contribution in [3.8, 4) is 0 Å². The first-order valence-electron chi connectivity index (χ1n) is 5.98. The lowest BCUT2D eigenvalue weighted by Crippen LogP contribution is -2.23. The van der Waals surface area contributed by atoms with E-state index in [0.29, 0.717) is 0 Å². The van der Waals surface area contributed by atoms with Gasteiger partial charge in [0.05, 0.1) is 24.3 Å². The van der Waals surface area contributed by atoms with E-state index < -0.39 is 0 Å². The molecule has 4 heteroatoms. The maximum atomic E-state index is 5.16. The molecule has 1 unspecified atom stereocenters. The van der Waals surface area contributed by atoms with Crippen LogP contribution in [0.2, 0.25) is 0 Å². The van der Waals surface area contributed by atoms with Crippen LogP contribution in [-0.4, -0.2) is 16.3 Å². The van der Waals surface area contributed by atoms with Gasteiger partial charge in [-0.05, 0) is 32.0 Å². The minimum atomic E-state index is 0.119. The molecule has 17 heavy (non-hydrogen) atoms. The molecule has 0 amide bonds. The second kappa shape index (κ2) is 5.19. The fourth-order valence-electron chi connectivity index (χ4n) is 1.85. The number of hydrogen-bond donors (Lipinski definition) is 1. The molecule has 1 atom stereocenters. The molecule has 0 spiro atoms. The summed E-state index contributed by atoms with van der Waals surface area (Å²) in [5.74, 6) is 0. The van der Waals surface area contributed by atoms with Gasteiger partial charge in [0.1, 0.15) is 0 Å². The molecular formula is C13H19N3O. The number of hydrogen-bond acceptors (Lipinski definition) is 3. The molecule has 2 rings (SSSR count). The maximum absolute atomic E-state index is 5.16. The van der Waals surface area contributed by atoms with Crippen LogP contribution < -0.4 is 5.32 Å². The molecule has 1 N–H and O–H groups in total. The summed E-state index contributed by atoms with van der Waals surface area (Å²) in [5.41, 5.74) is 3.32. The van der Waals surface area contributed by atoms with E-state index in [1.54, 1.807) is 12.5 Å². The summed E-state index contributed by atoms with van der Waals surface area (Å²) in [6, 6.07) is 4.21. The first-order chi connectivity index (χ1) is 8.22. The summed E-state index contributed by atoms with van der Waals surface area (Å²) in [4.78, 5) is 0. The fourth-order valence-corrected chi connectivity index (χ4v) is 1.85. The Kier molecular flexibility index (Phi) is 3.64. The SMILES string of the molecule is CCCNC(c1ccoc1)c1cc(C)n(C)n1. The third-order valence-electron chi connectivity index (χ3n) is 2.90. The fraction of sp³-hybridized carbons (Fsp3) is 0.462. The van der Waals surface area contributed by atoms with Crippen molar-refractivity contribution in [1.82, 2.24) is 15.1 Å². The van der Waals surface area contributed by atoms with Crippen LogP contribution in [0.3, 0.4) is 0 Å². The van der Waals surface area contributed by atoms with Gasteiger partial charge in [0, 0.05) is 18.3 Å². The van der Waals surface area contributed by atoms with Gasteiger partial charge in [-0.25, -0.2) is 0 Å². The van der Waals surface area contributed by atoms with Gasteiger partial charge < -0.3 is 9.73 Å². The third kappa shape index (κ3) is 2.58. The van der Waals surface area contributed by atoms with Crippen LogP contribution in [0.25, 0.3) is 0 Å². The van der Waals surface area contributed by atoms with Crippen LogP contribution in [0.15, 0.2) is 29.1 Å². The summed E-state index contributed by atoms with van der Waals surface area (Å²) in [6.07, 6.45) is 4.57. The Labute approximate surface area is 102 Å². The molecule has 0 aliphatic heterocycles. The van der Waals surface area contributed by atoms with Crippen LogP contribution in [0, 0.1) is 6.92 Å². The van der Waals surface area contributed by atoms with Crippen molar-refractivity contribution in [2.75, 3.05) is 6.54 Å². The zero-order valence-corrected chi connectivity index (χ0v) is 10.6. The Morgan fingerprint density at radius 1 is 1.53 bits per heavy atom. The molecule has 0 bridgehead atoms. The lowest BCUT2D eigenvalue weighted by Gasteiger charge is -2.14. The summed E-state index contributed by atoms with van der Waals surface area (Å²) >= 11 is 0. The van der Waals surface area contributed by atoms with Crippen LogP contribution in [0.4, 0.5) is 0 Å². The second-order valence-electron chi connectivity index (χ2n) is 4.28. The number of aryl methyl sites for hydroxylation is 2. The Hall–Kier alpha value is -1.55. The maximum Gasteiger partial charge on any atom is 0.0954 e. The standard InChI is InChI=1S/C13H19N3O/c1-4-6-14-13(11-5-7-17-9-11)12-8-10(2)16(3)15-12/h5,7-9,13-14H,4,6H2,1-3H3. The zero-order valence-electron chi connectivity index (χ0n) is 10.6. The van der Waals surface area contributed by atoms with E-state index in [9.17, 15) is 0 Å². The minimum Gasteiger partial charge on any atom is -0.472 e. The lowest BCUT2D eigenvalue weighted by molar-refractivity contribution is 0.541. The van der Waals surface area contributed by atoms with Crippen LogP contribution in [-0.2, 0) is 7.05 Å². The minimum absolute atomic E-state index is 0.119. The molecule has 2 aromatic rings. The van der Waals surface area contributed by atoms with Gasteiger partial charge in [-0.15, -0.1) is 0 Å². The van der Waals surface area contributed by atoms with Gasteiger partial charge in [0.25, 0.3) is 0 Å². The van der Waals surface area contributed by atoms with Gasteiger partial charge in [0.15, 0.2) is 0 Å². The topological polar surface area (TPSA) is 43.0 Å². The summed E-state index contributed by atoms with van der Waals surface area (Å²) in [6.45, 7) is 5.18. The van der Waals surface area contributed by atoms with Crippen molar-refractivity contribution in [1.29, 1.82) is 0 Å². The van der Waals surface area contributed by atoms with Crippen LogP contribution in [0.5, 0.6) is 0 Å². The van der Waals surface area contributed by atoms with Crippen molar-refractivity contribution in [3.05, 3.63) is 41.6 Å². The normalized spacial score (nSPS) is 12.9. The Morgan fingerprint density at radius 3 is 2.88 bits per heavy atom. The highest BCUT2D eigenvalue weighted by molar-refractivity contribution is 5.25. The Morgan fingerprint density at radius 2 is 2.35 bits per heavy atom. The zero-order chi connectivity index (χ0) is 12.3. The van der Waals surface area contributed by atoms with Crippen molar-refractivity contribution >= 4 is 0 Å². The molecule has 4 nitrogen and oxygen atoms in total. The number of nitrogens with one attached hydrogen (secondary N) is 1. The van der Waals surface area contributed by atoms with Gasteiger partial charge in [0.2, 0.25) is 0 Å². The average molecular weight is 233 g/mol. The van der Waals surface area contributed by atoms with Crippen molar-refractivity contribution < 1.29 is 4.42 Å². The first kappa shape index (κ1) is 11.9. The molecule has 2 heterocycles. The third-order valence-corrected chi connectivity index (χ3v) is 2.90. The molecule has 0 saturated carbocycles. The highest BCUT2D eigenvalue weighted by Crippen LogP contribution is 2.21. The molecule has 0 radical (unpaired) electrons. The van der Waals surface area contributed by atoms with E-state index in [1.165, 1.54) is 0 Å². The quantitative estimate of drug-likeness (QED) is 0.862. The van der Waals surface area contributed by atoms with E-state index >= 15 is 0 Å². The molecule has 0 saturated heterocycles. The monoisotopic (exact) mass is 233 g/mol. The van der Waals surface area contributed by atoms with E-state index in [1.807, 2.05) is 17.8 Å². The summed E-state index contributed by atoms with van der Waals surface area (Å²) < 4.78 is 7.06. The lowest BCUT2D eigenvalue weighted by atomic mass is 10.1. The van der Waals surface area contributed by atoms with Gasteiger partial charge in [-0.1, -0.05) is 6.92 Å². The predicted molar refractivity (Wildman–Crippen MR) is 66.8 cm³/mol. The van der Waals surface area contributed by atoms with Crippen molar-refractivity contribution in [2.24, 2.45) is 7.05 Å².